The van der Waals surface area contributed by atoms with E-state index in [0.717, 1.165) is 64.2 Å². The Morgan fingerprint density at radius 1 is 1.20 bits per heavy atom. The molecule has 0 N–H and O–H groups in total. The van der Waals surface area contributed by atoms with Gasteiger partial charge in [-0.2, -0.15) is 5.10 Å². The van der Waals surface area contributed by atoms with Crippen LogP contribution in [0.4, 0.5) is 11.5 Å². The van der Waals surface area contributed by atoms with E-state index >= 15 is 0 Å². The number of aliphatic imine (C=N–C) groups is 1. The van der Waals surface area contributed by atoms with Crippen LogP contribution in [-0.2, 0) is 33.7 Å². The van der Waals surface area contributed by atoms with Gasteiger partial charge in [0.15, 0.2) is 5.82 Å². The molecule has 0 radical (unpaired) electrons. The van der Waals surface area contributed by atoms with Crippen molar-refractivity contribution < 1.29 is 14.3 Å². The maximum Gasteiger partial charge on any atom is 0.219 e. The Bertz CT molecular complexity index is 1210. The van der Waals surface area contributed by atoms with Crippen molar-refractivity contribution in [2.24, 2.45) is 4.99 Å². The monoisotopic (exact) mass is 475 g/mol. The van der Waals surface area contributed by atoms with Crippen molar-refractivity contribution in [1.29, 1.82) is 0 Å². The van der Waals surface area contributed by atoms with Gasteiger partial charge in [0.1, 0.15) is 0 Å². The molecule has 184 valence electrons. The van der Waals surface area contributed by atoms with Crippen LogP contribution in [0.3, 0.4) is 0 Å². The zero-order chi connectivity index (χ0) is 23.9. The zero-order valence-electron chi connectivity index (χ0n) is 20.6. The number of aryl methyl sites for hydroxylation is 1. The molecule has 1 saturated heterocycles. The molecule has 6 rings (SSSR count). The van der Waals surface area contributed by atoms with Gasteiger partial charge >= 0.3 is 0 Å². The lowest BCUT2D eigenvalue weighted by atomic mass is 9.93. The number of fused-ring (bicyclic) bond motifs is 2. The number of dihydropyridines is 1. The summed E-state index contributed by atoms with van der Waals surface area (Å²) in [5.41, 5.74) is 7.57. The lowest BCUT2D eigenvalue weighted by Gasteiger charge is -2.33. The number of hydrogen-bond donors (Lipinski definition) is 0. The second kappa shape index (κ2) is 9.15. The average molecular weight is 476 g/mol. The normalized spacial score (nSPS) is 21.8. The van der Waals surface area contributed by atoms with Gasteiger partial charge in [0, 0.05) is 62.6 Å². The SMILES string of the molecule is COC1=NCCC(c2ccc3c(c2)CCCN3c2nn([C@H]3CCOC3)c3c2CN(C(C)=O)CC3)=C1. The van der Waals surface area contributed by atoms with Crippen LogP contribution in [0.25, 0.3) is 5.57 Å². The average Bonchev–Trinajstić information content (AvgIpc) is 3.56. The van der Waals surface area contributed by atoms with Crippen LogP contribution in [-0.4, -0.2) is 66.4 Å². The molecule has 5 heterocycles. The van der Waals surface area contributed by atoms with E-state index in [0.29, 0.717) is 19.0 Å². The summed E-state index contributed by atoms with van der Waals surface area (Å²) in [5.74, 6) is 1.84. The van der Waals surface area contributed by atoms with Crippen LogP contribution >= 0.6 is 0 Å². The van der Waals surface area contributed by atoms with Gasteiger partial charge in [0.25, 0.3) is 0 Å². The third-order valence-corrected chi connectivity index (χ3v) is 7.74. The summed E-state index contributed by atoms with van der Waals surface area (Å²) in [7, 11) is 1.67. The summed E-state index contributed by atoms with van der Waals surface area (Å²) in [4.78, 5) is 21.0. The van der Waals surface area contributed by atoms with E-state index < -0.39 is 0 Å². The molecule has 0 unspecified atom stereocenters. The zero-order valence-corrected chi connectivity index (χ0v) is 20.6. The van der Waals surface area contributed by atoms with Crippen LogP contribution in [0.2, 0.25) is 0 Å². The molecular weight excluding hydrogens is 442 g/mol. The van der Waals surface area contributed by atoms with Crippen molar-refractivity contribution in [3.05, 3.63) is 46.7 Å². The second-order valence-electron chi connectivity index (χ2n) is 9.84. The highest BCUT2D eigenvalue weighted by molar-refractivity contribution is 5.96. The van der Waals surface area contributed by atoms with Crippen molar-refractivity contribution in [3.63, 3.8) is 0 Å². The number of aromatic nitrogens is 2. The van der Waals surface area contributed by atoms with Crippen molar-refractivity contribution in [1.82, 2.24) is 14.7 Å². The molecule has 0 bridgehead atoms. The van der Waals surface area contributed by atoms with E-state index in [-0.39, 0.29) is 11.9 Å². The Hall–Kier alpha value is -3.13. The predicted molar refractivity (Wildman–Crippen MR) is 135 cm³/mol. The van der Waals surface area contributed by atoms with Gasteiger partial charge in [0.05, 0.1) is 26.3 Å². The molecule has 35 heavy (non-hydrogen) atoms. The molecule has 0 saturated carbocycles. The van der Waals surface area contributed by atoms with Gasteiger partial charge in [-0.15, -0.1) is 0 Å². The number of ether oxygens (including phenoxy) is 2. The molecule has 4 aliphatic heterocycles. The van der Waals surface area contributed by atoms with Crippen LogP contribution in [0.1, 0.15) is 54.6 Å². The molecule has 2 aromatic rings. The highest BCUT2D eigenvalue weighted by Gasteiger charge is 2.33. The van der Waals surface area contributed by atoms with Crippen molar-refractivity contribution in [2.45, 2.75) is 51.6 Å². The van der Waals surface area contributed by atoms with Gasteiger partial charge in [-0.05, 0) is 54.5 Å². The molecule has 1 fully saturated rings. The molecule has 4 aliphatic rings. The van der Waals surface area contributed by atoms with Gasteiger partial charge < -0.3 is 19.3 Å². The maximum absolute atomic E-state index is 12.2. The first kappa shape index (κ1) is 22.3. The van der Waals surface area contributed by atoms with Gasteiger partial charge in [0.2, 0.25) is 11.8 Å². The standard InChI is InChI=1S/C27H33N5O3/c1-18(33)30-12-8-25-23(16-30)27(29-32(25)22-9-13-35-17-22)31-11-3-4-21-14-19(5-6-24(21)31)20-7-10-28-26(15-20)34-2/h5-6,14-15,22H,3-4,7-13,16-17H2,1-2H3/t22-/m0/s1. The summed E-state index contributed by atoms with van der Waals surface area (Å²) in [6.07, 6.45) is 6.95. The molecule has 8 heteroatoms. The van der Waals surface area contributed by atoms with Gasteiger partial charge in [-0.1, -0.05) is 6.07 Å². The minimum Gasteiger partial charge on any atom is -0.481 e. The number of anilines is 2. The third kappa shape index (κ3) is 4.03. The number of carbonyl (C=O) groups is 1. The lowest BCUT2D eigenvalue weighted by Crippen LogP contribution is -2.35. The summed E-state index contributed by atoms with van der Waals surface area (Å²) in [5, 5.41) is 5.20. The molecule has 0 aliphatic carbocycles. The van der Waals surface area contributed by atoms with Crippen LogP contribution in [0.15, 0.2) is 29.3 Å². The quantitative estimate of drug-likeness (QED) is 0.678. The van der Waals surface area contributed by atoms with Crippen LogP contribution in [0.5, 0.6) is 0 Å². The number of benzene rings is 1. The fourth-order valence-electron chi connectivity index (χ4n) is 5.85. The molecule has 1 amide bonds. The molecular formula is C27H33N5O3. The van der Waals surface area contributed by atoms with E-state index in [9.17, 15) is 4.79 Å². The summed E-state index contributed by atoms with van der Waals surface area (Å²) in [6.45, 7) is 6.24. The first-order valence-corrected chi connectivity index (χ1v) is 12.8. The number of hydrogen-bond acceptors (Lipinski definition) is 6. The minimum absolute atomic E-state index is 0.127. The smallest absolute Gasteiger partial charge is 0.219 e. The van der Waals surface area contributed by atoms with E-state index in [4.69, 9.17) is 14.6 Å². The molecule has 1 aromatic heterocycles. The van der Waals surface area contributed by atoms with E-state index in [1.54, 1.807) is 14.0 Å². The highest BCUT2D eigenvalue weighted by atomic mass is 16.5. The number of carbonyl (C=O) groups excluding carboxylic acids is 1. The van der Waals surface area contributed by atoms with Crippen LogP contribution in [0, 0.1) is 0 Å². The topological polar surface area (TPSA) is 72.2 Å². The molecule has 1 atom stereocenters. The molecule has 0 spiro atoms. The third-order valence-electron chi connectivity index (χ3n) is 7.74. The Morgan fingerprint density at radius 3 is 2.91 bits per heavy atom. The fraction of sp³-hybridized carbons (Fsp3) is 0.519. The Morgan fingerprint density at radius 2 is 2.11 bits per heavy atom. The Balaban J connectivity index is 1.39. The first-order valence-electron chi connectivity index (χ1n) is 12.8. The fourth-order valence-corrected chi connectivity index (χ4v) is 5.85. The summed E-state index contributed by atoms with van der Waals surface area (Å²) < 4.78 is 13.3. The molecule has 1 aromatic carbocycles. The lowest BCUT2D eigenvalue weighted by molar-refractivity contribution is -0.129. The van der Waals surface area contributed by atoms with Gasteiger partial charge in [-0.3, -0.25) is 14.5 Å². The Labute approximate surface area is 206 Å². The largest absolute Gasteiger partial charge is 0.481 e. The van der Waals surface area contributed by atoms with Crippen molar-refractivity contribution in [3.8, 4) is 0 Å². The van der Waals surface area contributed by atoms with Crippen molar-refractivity contribution in [2.75, 3.05) is 44.9 Å². The van der Waals surface area contributed by atoms with Crippen molar-refractivity contribution >= 4 is 28.9 Å². The molecule has 8 nitrogen and oxygen atoms in total. The van der Waals surface area contributed by atoms with E-state index in [1.165, 1.54) is 33.6 Å². The van der Waals surface area contributed by atoms with Gasteiger partial charge in [-0.25, -0.2) is 0 Å². The summed E-state index contributed by atoms with van der Waals surface area (Å²) >= 11 is 0. The first-order chi connectivity index (χ1) is 17.1. The predicted octanol–water partition coefficient (Wildman–Crippen LogP) is 3.67. The number of methoxy groups -OCH3 is 1. The second-order valence-corrected chi connectivity index (χ2v) is 9.84. The van der Waals surface area contributed by atoms with Crippen LogP contribution < -0.4 is 4.90 Å². The van der Waals surface area contributed by atoms with E-state index in [1.807, 2.05) is 4.90 Å². The number of nitrogens with zero attached hydrogens (tertiary/aromatic N) is 5. The minimum atomic E-state index is 0.127. The van der Waals surface area contributed by atoms with E-state index in [2.05, 4.69) is 38.8 Å². The summed E-state index contributed by atoms with van der Waals surface area (Å²) in [6, 6.07) is 7.08. The number of rotatable bonds is 3. The highest BCUT2D eigenvalue weighted by Crippen LogP contribution is 2.40. The maximum atomic E-state index is 12.2. The number of amides is 1. The Kier molecular flexibility index (Phi) is 5.84.